The van der Waals surface area contributed by atoms with Gasteiger partial charge in [-0.15, -0.1) is 0 Å². The van der Waals surface area contributed by atoms with Crippen LogP contribution in [0.1, 0.15) is 11.3 Å². The van der Waals surface area contributed by atoms with E-state index in [9.17, 15) is 0 Å². The van der Waals surface area contributed by atoms with Crippen molar-refractivity contribution in [3.63, 3.8) is 0 Å². The Hall–Kier alpha value is -2.47. The standard InChI is InChI=1S/C28H34N5OP/c1-30(2)24-15-13-23(14-16-24)27(29-28-17-31-20-32(18-28)22-33(19-28)21-31)35(34,25-9-5-3-6-10-25)26-11-7-4-8-12-26/h3-16,27,29H,17-22H2,1-2H3. The molecule has 4 aliphatic rings. The van der Waals surface area contributed by atoms with Gasteiger partial charge in [0.25, 0.3) is 0 Å². The van der Waals surface area contributed by atoms with Gasteiger partial charge in [0.15, 0.2) is 7.14 Å². The van der Waals surface area contributed by atoms with Crippen LogP contribution in [0.15, 0.2) is 84.9 Å². The van der Waals surface area contributed by atoms with Crippen molar-refractivity contribution in [2.45, 2.75) is 11.3 Å². The Balaban J connectivity index is 1.49. The molecule has 0 aromatic heterocycles. The normalized spacial score (nSPS) is 28.1. The van der Waals surface area contributed by atoms with Gasteiger partial charge >= 0.3 is 0 Å². The van der Waals surface area contributed by atoms with Crippen LogP contribution < -0.4 is 20.8 Å². The van der Waals surface area contributed by atoms with Crippen LogP contribution in [-0.4, -0.2) is 74.0 Å². The number of rotatable bonds is 7. The Bertz CT molecular complexity index is 1140. The average Bonchev–Trinajstić information content (AvgIpc) is 2.87. The lowest BCUT2D eigenvalue weighted by Crippen LogP contribution is -2.79. The van der Waals surface area contributed by atoms with Crippen LogP contribution in [0, 0.1) is 0 Å². The van der Waals surface area contributed by atoms with Gasteiger partial charge in [-0.3, -0.25) is 20.0 Å². The molecule has 0 radical (unpaired) electrons. The predicted octanol–water partition coefficient (Wildman–Crippen LogP) is 2.91. The first-order valence-electron chi connectivity index (χ1n) is 12.4. The predicted molar refractivity (Wildman–Crippen MR) is 144 cm³/mol. The summed E-state index contributed by atoms with van der Waals surface area (Å²) < 4.78 is 15.5. The summed E-state index contributed by atoms with van der Waals surface area (Å²) in [6.45, 7) is 6.02. The van der Waals surface area contributed by atoms with E-state index in [1.807, 2.05) is 60.7 Å². The number of nitrogens with one attached hydrogen (secondary N) is 1. The van der Waals surface area contributed by atoms with E-state index in [1.165, 1.54) is 0 Å². The molecular formula is C28H34N5OP. The molecule has 4 aliphatic heterocycles. The molecule has 4 heterocycles. The first kappa shape index (κ1) is 23.0. The van der Waals surface area contributed by atoms with E-state index < -0.39 is 7.14 Å². The molecule has 3 aromatic carbocycles. The molecule has 1 unspecified atom stereocenters. The first-order chi connectivity index (χ1) is 17.0. The van der Waals surface area contributed by atoms with Crippen LogP contribution in [0.3, 0.4) is 0 Å². The third-order valence-electron chi connectivity index (χ3n) is 7.59. The van der Waals surface area contributed by atoms with Crippen molar-refractivity contribution in [2.75, 3.05) is 58.6 Å². The molecule has 4 saturated heterocycles. The van der Waals surface area contributed by atoms with Crippen molar-refractivity contribution in [2.24, 2.45) is 0 Å². The zero-order valence-corrected chi connectivity index (χ0v) is 21.4. The topological polar surface area (TPSA) is 42.1 Å². The van der Waals surface area contributed by atoms with Crippen molar-refractivity contribution < 1.29 is 4.57 Å². The summed E-state index contributed by atoms with van der Waals surface area (Å²) in [7, 11) is 1.01. The van der Waals surface area contributed by atoms with Gasteiger partial charge in [-0.1, -0.05) is 72.8 Å². The molecule has 4 bridgehead atoms. The average molecular weight is 488 g/mol. The van der Waals surface area contributed by atoms with Gasteiger partial charge in [-0.05, 0) is 17.7 Å². The van der Waals surface area contributed by atoms with Crippen LogP contribution in [0.5, 0.6) is 0 Å². The highest BCUT2D eigenvalue weighted by Crippen LogP contribution is 2.57. The van der Waals surface area contributed by atoms with E-state index in [1.54, 1.807) is 0 Å². The maximum atomic E-state index is 15.5. The zero-order chi connectivity index (χ0) is 24.0. The van der Waals surface area contributed by atoms with Gasteiger partial charge in [-0.2, -0.15) is 0 Å². The molecule has 0 aliphatic carbocycles. The van der Waals surface area contributed by atoms with E-state index in [2.05, 4.69) is 63.3 Å². The Kier molecular flexibility index (Phi) is 5.82. The second kappa shape index (κ2) is 8.88. The zero-order valence-electron chi connectivity index (χ0n) is 20.5. The van der Waals surface area contributed by atoms with Crippen molar-refractivity contribution in [1.82, 2.24) is 20.0 Å². The van der Waals surface area contributed by atoms with Crippen LogP contribution >= 0.6 is 7.14 Å². The number of hydrogen-bond acceptors (Lipinski definition) is 6. The molecule has 0 amide bonds. The summed E-state index contributed by atoms with van der Waals surface area (Å²) in [6.07, 6.45) is 0. The third kappa shape index (κ3) is 4.14. The molecule has 6 nitrogen and oxygen atoms in total. The SMILES string of the molecule is CN(C)c1ccc(C(NC23CN4CN(CN(C4)C2)C3)P(=O)(c2ccccc2)c2ccccc2)cc1. The molecule has 0 saturated carbocycles. The fraction of sp³-hybridized carbons (Fsp3) is 0.357. The lowest BCUT2D eigenvalue weighted by Gasteiger charge is -2.61. The van der Waals surface area contributed by atoms with Crippen molar-refractivity contribution in [3.05, 3.63) is 90.5 Å². The molecule has 182 valence electrons. The van der Waals surface area contributed by atoms with E-state index >= 15 is 4.57 Å². The van der Waals surface area contributed by atoms with E-state index in [0.717, 1.165) is 61.5 Å². The third-order valence-corrected chi connectivity index (χ3v) is 10.9. The molecule has 7 rings (SSSR count). The second-order valence-electron chi connectivity index (χ2n) is 10.6. The summed E-state index contributed by atoms with van der Waals surface area (Å²) in [6, 6.07) is 28.8. The van der Waals surface area contributed by atoms with Gasteiger partial charge in [0.05, 0.1) is 31.3 Å². The summed E-state index contributed by atoms with van der Waals surface area (Å²) in [5.74, 6) is -0.330. The lowest BCUT2D eigenvalue weighted by molar-refractivity contribution is -0.150. The number of anilines is 1. The lowest BCUT2D eigenvalue weighted by atomic mass is 9.90. The molecule has 7 heteroatoms. The fourth-order valence-electron chi connectivity index (χ4n) is 6.23. The largest absolute Gasteiger partial charge is 0.378 e. The minimum Gasteiger partial charge on any atom is -0.378 e. The quantitative estimate of drug-likeness (QED) is 0.517. The number of nitrogens with zero attached hydrogens (tertiary/aromatic N) is 4. The highest BCUT2D eigenvalue weighted by atomic mass is 31.2. The highest BCUT2D eigenvalue weighted by molar-refractivity contribution is 7.79. The van der Waals surface area contributed by atoms with Crippen LogP contribution in [0.2, 0.25) is 0 Å². The molecule has 1 atom stereocenters. The Morgan fingerprint density at radius 3 is 1.63 bits per heavy atom. The van der Waals surface area contributed by atoms with Crippen molar-refractivity contribution in [1.29, 1.82) is 0 Å². The van der Waals surface area contributed by atoms with Crippen molar-refractivity contribution in [3.8, 4) is 0 Å². The summed E-state index contributed by atoms with van der Waals surface area (Å²) >= 11 is 0. The van der Waals surface area contributed by atoms with Crippen LogP contribution in [0.4, 0.5) is 5.69 Å². The van der Waals surface area contributed by atoms with Gasteiger partial charge in [0, 0.05) is 50.0 Å². The van der Waals surface area contributed by atoms with Gasteiger partial charge in [0.1, 0.15) is 0 Å². The maximum Gasteiger partial charge on any atom is 0.163 e. The smallest absolute Gasteiger partial charge is 0.163 e. The Morgan fingerprint density at radius 2 is 1.20 bits per heavy atom. The molecule has 35 heavy (non-hydrogen) atoms. The molecular weight excluding hydrogens is 453 g/mol. The summed E-state index contributed by atoms with van der Waals surface area (Å²) in [5, 5.41) is 5.85. The Morgan fingerprint density at radius 1 is 0.743 bits per heavy atom. The Labute approximate surface area is 208 Å². The van der Waals surface area contributed by atoms with Gasteiger partial charge in [0.2, 0.25) is 0 Å². The van der Waals surface area contributed by atoms with Crippen LogP contribution in [-0.2, 0) is 4.57 Å². The molecule has 1 N–H and O–H groups in total. The minimum absolute atomic E-state index is 0.126. The fourth-order valence-corrected chi connectivity index (χ4v) is 9.40. The van der Waals surface area contributed by atoms with E-state index in [0.29, 0.717) is 0 Å². The summed E-state index contributed by atoms with van der Waals surface area (Å²) in [4.78, 5) is 9.62. The van der Waals surface area contributed by atoms with E-state index in [4.69, 9.17) is 0 Å². The van der Waals surface area contributed by atoms with Crippen LogP contribution in [0.25, 0.3) is 0 Å². The summed E-state index contributed by atoms with van der Waals surface area (Å²) in [5.41, 5.74) is 2.08. The number of hydrogen-bond donors (Lipinski definition) is 1. The van der Waals surface area contributed by atoms with Gasteiger partial charge in [-0.25, -0.2) is 0 Å². The number of benzene rings is 3. The minimum atomic E-state index is -3.10. The first-order valence-corrected chi connectivity index (χ1v) is 14.2. The highest BCUT2D eigenvalue weighted by Gasteiger charge is 2.51. The van der Waals surface area contributed by atoms with Crippen molar-refractivity contribution >= 4 is 23.4 Å². The van der Waals surface area contributed by atoms with Gasteiger partial charge < -0.3 is 9.46 Å². The second-order valence-corrected chi connectivity index (χ2v) is 13.4. The monoisotopic (exact) mass is 487 g/mol. The molecule has 4 fully saturated rings. The molecule has 0 spiro atoms. The molecule has 3 aromatic rings. The van der Waals surface area contributed by atoms with E-state index in [-0.39, 0.29) is 11.3 Å². The maximum absolute atomic E-state index is 15.5.